The van der Waals surface area contributed by atoms with E-state index in [1.807, 2.05) is 44.2 Å². The third-order valence-electron chi connectivity index (χ3n) is 3.61. The molecule has 1 amide bonds. The Balaban J connectivity index is 2.37. The lowest BCUT2D eigenvalue weighted by Gasteiger charge is -2.17. The number of nitrogens with zero attached hydrogens (tertiary/aromatic N) is 1. The molecule has 2 atom stereocenters. The van der Waals surface area contributed by atoms with Crippen LogP contribution in [0.4, 0.5) is 0 Å². The lowest BCUT2D eigenvalue weighted by Crippen LogP contribution is -2.21. The second kappa shape index (κ2) is 6.54. The molecular weight excluding hydrogens is 268 g/mol. The largest absolute Gasteiger partial charge is 0.388 e. The molecule has 0 aliphatic rings. The van der Waals surface area contributed by atoms with E-state index in [0.29, 0.717) is 23.4 Å². The molecule has 2 N–H and O–H groups in total. The number of hydrogen-bond donors (Lipinski definition) is 2. The minimum atomic E-state index is -0.757. The first kappa shape index (κ1) is 15.3. The van der Waals surface area contributed by atoms with Gasteiger partial charge in [-0.3, -0.25) is 4.79 Å². The minimum Gasteiger partial charge on any atom is -0.388 e. The van der Waals surface area contributed by atoms with Gasteiger partial charge in [-0.2, -0.15) is 0 Å². The highest BCUT2D eigenvalue weighted by Gasteiger charge is 2.29. The van der Waals surface area contributed by atoms with Crippen LogP contribution in [-0.4, -0.2) is 23.2 Å². The lowest BCUT2D eigenvalue weighted by atomic mass is 9.92. The maximum absolute atomic E-state index is 12.0. The van der Waals surface area contributed by atoms with Crippen molar-refractivity contribution in [3.63, 3.8) is 0 Å². The summed E-state index contributed by atoms with van der Waals surface area (Å²) in [5, 5.41) is 17.0. The van der Waals surface area contributed by atoms with E-state index in [1.165, 1.54) is 0 Å². The SMILES string of the molecule is CCc1noc(C(C)C(O)c2ccccc2)c1C(=O)NC. The molecule has 0 bridgehead atoms. The van der Waals surface area contributed by atoms with E-state index >= 15 is 0 Å². The molecule has 0 aliphatic carbocycles. The van der Waals surface area contributed by atoms with Gasteiger partial charge in [0.15, 0.2) is 5.76 Å². The number of benzene rings is 1. The van der Waals surface area contributed by atoms with Gasteiger partial charge in [0.25, 0.3) is 5.91 Å². The predicted molar refractivity (Wildman–Crippen MR) is 79.1 cm³/mol. The summed E-state index contributed by atoms with van der Waals surface area (Å²) in [5.41, 5.74) is 1.82. The Morgan fingerprint density at radius 1 is 1.38 bits per heavy atom. The molecule has 2 unspecified atom stereocenters. The number of rotatable bonds is 5. The van der Waals surface area contributed by atoms with Gasteiger partial charge in [-0.25, -0.2) is 0 Å². The van der Waals surface area contributed by atoms with E-state index in [2.05, 4.69) is 10.5 Å². The highest BCUT2D eigenvalue weighted by Crippen LogP contribution is 2.33. The van der Waals surface area contributed by atoms with E-state index in [0.717, 1.165) is 5.56 Å². The van der Waals surface area contributed by atoms with Crippen LogP contribution < -0.4 is 5.32 Å². The van der Waals surface area contributed by atoms with E-state index in [1.54, 1.807) is 7.05 Å². The standard InChI is InChI=1S/C16H20N2O3/c1-4-12-13(16(20)17-3)15(21-18-12)10(2)14(19)11-8-6-5-7-9-11/h5-10,14,19H,4H2,1-3H3,(H,17,20). The second-order valence-corrected chi connectivity index (χ2v) is 4.95. The van der Waals surface area contributed by atoms with Gasteiger partial charge in [-0.1, -0.05) is 49.3 Å². The first-order valence-corrected chi connectivity index (χ1v) is 7.03. The van der Waals surface area contributed by atoms with Gasteiger partial charge in [0.2, 0.25) is 0 Å². The Hall–Kier alpha value is -2.14. The van der Waals surface area contributed by atoms with Crippen molar-refractivity contribution in [3.8, 4) is 0 Å². The van der Waals surface area contributed by atoms with Crippen LogP contribution in [0.15, 0.2) is 34.9 Å². The van der Waals surface area contributed by atoms with Gasteiger partial charge >= 0.3 is 0 Å². The molecule has 1 aromatic carbocycles. The summed E-state index contributed by atoms with van der Waals surface area (Å²) in [6, 6.07) is 9.31. The van der Waals surface area contributed by atoms with Gasteiger partial charge in [0, 0.05) is 13.0 Å². The summed E-state index contributed by atoms with van der Waals surface area (Å²) in [6.07, 6.45) is -0.160. The van der Waals surface area contributed by atoms with E-state index in [-0.39, 0.29) is 11.8 Å². The van der Waals surface area contributed by atoms with Gasteiger partial charge < -0.3 is 14.9 Å². The third-order valence-corrected chi connectivity index (χ3v) is 3.61. The Bertz CT molecular complexity index is 607. The molecule has 21 heavy (non-hydrogen) atoms. The monoisotopic (exact) mass is 288 g/mol. The molecule has 2 aromatic rings. The smallest absolute Gasteiger partial charge is 0.256 e. The van der Waals surface area contributed by atoms with Crippen molar-refractivity contribution in [1.82, 2.24) is 10.5 Å². The number of aliphatic hydroxyl groups excluding tert-OH is 1. The number of aryl methyl sites for hydroxylation is 1. The molecule has 2 rings (SSSR count). The lowest BCUT2D eigenvalue weighted by molar-refractivity contribution is 0.0954. The zero-order valence-corrected chi connectivity index (χ0v) is 12.5. The molecule has 0 aliphatic heterocycles. The number of nitrogens with one attached hydrogen (secondary N) is 1. The maximum Gasteiger partial charge on any atom is 0.256 e. The molecular formula is C16H20N2O3. The zero-order chi connectivity index (χ0) is 15.4. The molecule has 0 saturated heterocycles. The van der Waals surface area contributed by atoms with Gasteiger partial charge in [0.1, 0.15) is 5.56 Å². The predicted octanol–water partition coefficient (Wildman–Crippen LogP) is 2.43. The quantitative estimate of drug-likeness (QED) is 0.886. The van der Waals surface area contributed by atoms with Crippen molar-refractivity contribution >= 4 is 5.91 Å². The normalized spacial score (nSPS) is 13.7. The van der Waals surface area contributed by atoms with E-state index < -0.39 is 6.10 Å². The Labute approximate surface area is 124 Å². The van der Waals surface area contributed by atoms with Crippen molar-refractivity contribution in [3.05, 3.63) is 52.9 Å². The fraction of sp³-hybridized carbons (Fsp3) is 0.375. The molecule has 5 heteroatoms. The summed E-state index contributed by atoms with van der Waals surface area (Å²) in [7, 11) is 1.57. The number of carbonyl (C=O) groups excluding carboxylic acids is 1. The van der Waals surface area contributed by atoms with Crippen LogP contribution in [0.25, 0.3) is 0 Å². The number of aliphatic hydroxyl groups is 1. The minimum absolute atomic E-state index is 0.241. The topological polar surface area (TPSA) is 75.4 Å². The van der Waals surface area contributed by atoms with Crippen LogP contribution in [0.2, 0.25) is 0 Å². The molecule has 0 fully saturated rings. The molecule has 112 valence electrons. The molecule has 0 saturated carbocycles. The summed E-state index contributed by atoms with van der Waals surface area (Å²) < 4.78 is 5.34. The number of hydrogen-bond acceptors (Lipinski definition) is 4. The maximum atomic E-state index is 12.0. The Morgan fingerprint density at radius 3 is 2.62 bits per heavy atom. The third kappa shape index (κ3) is 2.97. The Morgan fingerprint density at radius 2 is 2.05 bits per heavy atom. The number of amides is 1. The first-order valence-electron chi connectivity index (χ1n) is 7.03. The number of aromatic nitrogens is 1. The van der Waals surface area contributed by atoms with Crippen LogP contribution in [0.1, 0.15) is 53.2 Å². The molecule has 1 aromatic heterocycles. The molecule has 5 nitrogen and oxygen atoms in total. The van der Waals surface area contributed by atoms with Crippen molar-refractivity contribution in [2.45, 2.75) is 32.3 Å². The number of carbonyl (C=O) groups is 1. The van der Waals surface area contributed by atoms with Crippen LogP contribution >= 0.6 is 0 Å². The summed E-state index contributed by atoms with van der Waals surface area (Å²) in [6.45, 7) is 3.73. The van der Waals surface area contributed by atoms with E-state index in [9.17, 15) is 9.90 Å². The van der Waals surface area contributed by atoms with Crippen molar-refractivity contribution < 1.29 is 14.4 Å². The summed E-state index contributed by atoms with van der Waals surface area (Å²) in [4.78, 5) is 12.0. The molecule has 0 radical (unpaired) electrons. The van der Waals surface area contributed by atoms with Crippen LogP contribution in [-0.2, 0) is 6.42 Å². The second-order valence-electron chi connectivity index (χ2n) is 4.95. The van der Waals surface area contributed by atoms with Crippen molar-refractivity contribution in [2.24, 2.45) is 0 Å². The Kier molecular flexibility index (Phi) is 4.75. The average Bonchev–Trinajstić information content (AvgIpc) is 2.97. The van der Waals surface area contributed by atoms with Crippen molar-refractivity contribution in [1.29, 1.82) is 0 Å². The van der Waals surface area contributed by atoms with Crippen LogP contribution in [0.5, 0.6) is 0 Å². The zero-order valence-electron chi connectivity index (χ0n) is 12.5. The first-order chi connectivity index (χ1) is 10.1. The summed E-state index contributed by atoms with van der Waals surface area (Å²) in [5.74, 6) is -0.190. The molecule has 1 heterocycles. The highest BCUT2D eigenvalue weighted by atomic mass is 16.5. The van der Waals surface area contributed by atoms with Gasteiger partial charge in [0.05, 0.1) is 11.8 Å². The summed E-state index contributed by atoms with van der Waals surface area (Å²) >= 11 is 0. The highest BCUT2D eigenvalue weighted by molar-refractivity contribution is 5.96. The fourth-order valence-corrected chi connectivity index (χ4v) is 2.34. The van der Waals surface area contributed by atoms with E-state index in [4.69, 9.17) is 4.52 Å². The van der Waals surface area contributed by atoms with Crippen LogP contribution in [0, 0.1) is 0 Å². The fourth-order valence-electron chi connectivity index (χ4n) is 2.34. The van der Waals surface area contributed by atoms with Gasteiger partial charge in [-0.05, 0) is 12.0 Å². The van der Waals surface area contributed by atoms with Crippen LogP contribution in [0.3, 0.4) is 0 Å². The van der Waals surface area contributed by atoms with Crippen molar-refractivity contribution in [2.75, 3.05) is 7.05 Å². The van der Waals surface area contributed by atoms with Gasteiger partial charge in [-0.15, -0.1) is 0 Å². The average molecular weight is 288 g/mol. The molecule has 0 spiro atoms.